The van der Waals surface area contributed by atoms with E-state index in [1.54, 1.807) is 0 Å². The van der Waals surface area contributed by atoms with Crippen molar-refractivity contribution in [3.63, 3.8) is 0 Å². The number of ether oxygens (including phenoxy) is 1. The zero-order valence-corrected chi connectivity index (χ0v) is 16.4. The number of nitrogens with zero attached hydrogens (tertiary/aromatic N) is 1. The van der Waals surface area contributed by atoms with E-state index in [1.807, 2.05) is 13.1 Å². The van der Waals surface area contributed by atoms with Gasteiger partial charge in [0.15, 0.2) is 5.96 Å². The van der Waals surface area contributed by atoms with Gasteiger partial charge in [-0.2, -0.15) is 0 Å². The first-order valence-electron chi connectivity index (χ1n) is 9.93. The van der Waals surface area contributed by atoms with Gasteiger partial charge in [-0.1, -0.05) is 60.2 Å². The minimum absolute atomic E-state index is 0.161. The summed E-state index contributed by atoms with van der Waals surface area (Å²) in [6, 6.07) is 19.3. The molecule has 1 aliphatic heterocycles. The standard InChI is InChI=1S/C23H31N3O/c1-18-10-12-20(13-11-18)22-21(9-6-16-27-22)17-26-23(24-2)25-15-14-19-7-4-3-5-8-19/h3-5,7-8,10-13,21-22H,6,9,14-17H2,1-2H3,(H2,24,25,26). The van der Waals surface area contributed by atoms with Crippen LogP contribution in [0.15, 0.2) is 59.6 Å². The van der Waals surface area contributed by atoms with Gasteiger partial charge in [-0.25, -0.2) is 0 Å². The van der Waals surface area contributed by atoms with Crippen molar-refractivity contribution >= 4 is 5.96 Å². The highest BCUT2D eigenvalue weighted by molar-refractivity contribution is 5.79. The Balaban J connectivity index is 1.50. The van der Waals surface area contributed by atoms with Gasteiger partial charge in [0.2, 0.25) is 0 Å². The van der Waals surface area contributed by atoms with Crippen molar-refractivity contribution in [3.8, 4) is 0 Å². The molecule has 1 heterocycles. The number of aliphatic imine (C=N–C) groups is 1. The molecule has 27 heavy (non-hydrogen) atoms. The molecule has 0 radical (unpaired) electrons. The van der Waals surface area contributed by atoms with Crippen LogP contribution in [0, 0.1) is 12.8 Å². The number of nitrogens with one attached hydrogen (secondary N) is 2. The molecule has 4 nitrogen and oxygen atoms in total. The van der Waals surface area contributed by atoms with Crippen LogP contribution in [-0.4, -0.2) is 32.7 Å². The average molecular weight is 366 g/mol. The molecular weight excluding hydrogens is 334 g/mol. The zero-order valence-electron chi connectivity index (χ0n) is 16.4. The lowest BCUT2D eigenvalue weighted by atomic mass is 9.89. The summed E-state index contributed by atoms with van der Waals surface area (Å²) in [4.78, 5) is 4.37. The Bertz CT molecular complexity index is 712. The predicted octanol–water partition coefficient (Wildman–Crippen LogP) is 3.87. The molecular formula is C23H31N3O. The first kappa shape index (κ1) is 19.4. The summed E-state index contributed by atoms with van der Waals surface area (Å²) in [6.45, 7) is 4.70. The Morgan fingerprint density at radius 1 is 1.07 bits per heavy atom. The van der Waals surface area contributed by atoms with Crippen molar-refractivity contribution in [2.75, 3.05) is 26.7 Å². The molecule has 1 fully saturated rings. The quantitative estimate of drug-likeness (QED) is 0.603. The number of hydrogen-bond acceptors (Lipinski definition) is 2. The van der Waals surface area contributed by atoms with Crippen LogP contribution in [0.25, 0.3) is 0 Å². The number of benzene rings is 2. The van der Waals surface area contributed by atoms with Crippen molar-refractivity contribution in [1.82, 2.24) is 10.6 Å². The molecule has 0 saturated carbocycles. The van der Waals surface area contributed by atoms with Crippen molar-refractivity contribution in [2.45, 2.75) is 32.3 Å². The van der Waals surface area contributed by atoms with E-state index in [0.29, 0.717) is 5.92 Å². The van der Waals surface area contributed by atoms with Crippen LogP contribution in [-0.2, 0) is 11.2 Å². The van der Waals surface area contributed by atoms with E-state index >= 15 is 0 Å². The lowest BCUT2D eigenvalue weighted by Gasteiger charge is -2.32. The van der Waals surface area contributed by atoms with Crippen molar-refractivity contribution in [1.29, 1.82) is 0 Å². The van der Waals surface area contributed by atoms with Crippen LogP contribution in [0.1, 0.15) is 35.6 Å². The third-order valence-corrected chi connectivity index (χ3v) is 5.15. The largest absolute Gasteiger partial charge is 0.373 e. The van der Waals surface area contributed by atoms with Crippen molar-refractivity contribution in [2.24, 2.45) is 10.9 Å². The number of guanidine groups is 1. The summed E-state index contributed by atoms with van der Waals surface area (Å²) < 4.78 is 6.12. The van der Waals surface area contributed by atoms with Crippen LogP contribution in [0.3, 0.4) is 0 Å². The molecule has 2 aromatic carbocycles. The minimum atomic E-state index is 0.161. The molecule has 0 amide bonds. The second-order valence-corrected chi connectivity index (χ2v) is 7.22. The zero-order chi connectivity index (χ0) is 18.9. The molecule has 4 heteroatoms. The summed E-state index contributed by atoms with van der Waals surface area (Å²) in [5.41, 5.74) is 3.90. The van der Waals surface area contributed by atoms with Gasteiger partial charge in [-0.15, -0.1) is 0 Å². The molecule has 0 bridgehead atoms. The lowest BCUT2D eigenvalue weighted by molar-refractivity contribution is -0.0265. The Kier molecular flexibility index (Phi) is 7.28. The van der Waals surface area contributed by atoms with Crippen LogP contribution in [0.4, 0.5) is 0 Å². The predicted molar refractivity (Wildman–Crippen MR) is 112 cm³/mol. The van der Waals surface area contributed by atoms with E-state index < -0.39 is 0 Å². The molecule has 2 N–H and O–H groups in total. The fraction of sp³-hybridized carbons (Fsp3) is 0.435. The summed E-state index contributed by atoms with van der Waals surface area (Å²) in [5.74, 6) is 1.31. The van der Waals surface area contributed by atoms with Gasteiger partial charge in [0.1, 0.15) is 0 Å². The van der Waals surface area contributed by atoms with Gasteiger partial charge in [0, 0.05) is 32.7 Å². The second-order valence-electron chi connectivity index (χ2n) is 7.22. The van der Waals surface area contributed by atoms with Gasteiger partial charge in [0.05, 0.1) is 6.10 Å². The Hall–Kier alpha value is -2.33. The first-order chi connectivity index (χ1) is 13.3. The summed E-state index contributed by atoms with van der Waals surface area (Å²) in [5, 5.41) is 6.91. The van der Waals surface area contributed by atoms with E-state index in [0.717, 1.165) is 38.5 Å². The fourth-order valence-electron chi connectivity index (χ4n) is 3.60. The Morgan fingerprint density at radius 3 is 2.59 bits per heavy atom. The first-order valence-corrected chi connectivity index (χ1v) is 9.93. The Labute approximate surface area is 163 Å². The molecule has 0 spiro atoms. The second kappa shape index (κ2) is 10.1. The van der Waals surface area contributed by atoms with Gasteiger partial charge in [-0.05, 0) is 37.3 Å². The van der Waals surface area contributed by atoms with E-state index in [1.165, 1.54) is 23.1 Å². The molecule has 0 aromatic heterocycles. The van der Waals surface area contributed by atoms with Gasteiger partial charge < -0.3 is 15.4 Å². The number of aryl methyl sites for hydroxylation is 1. The average Bonchev–Trinajstić information content (AvgIpc) is 2.72. The highest BCUT2D eigenvalue weighted by atomic mass is 16.5. The molecule has 3 rings (SSSR count). The minimum Gasteiger partial charge on any atom is -0.373 e. The molecule has 2 unspecified atom stereocenters. The maximum Gasteiger partial charge on any atom is 0.190 e. The normalized spacial score (nSPS) is 20.3. The third kappa shape index (κ3) is 5.83. The van der Waals surface area contributed by atoms with E-state index in [-0.39, 0.29) is 6.10 Å². The van der Waals surface area contributed by atoms with Crippen molar-refractivity contribution in [3.05, 3.63) is 71.3 Å². The highest BCUT2D eigenvalue weighted by Gasteiger charge is 2.27. The summed E-state index contributed by atoms with van der Waals surface area (Å²) in [6.07, 6.45) is 3.44. The Morgan fingerprint density at radius 2 is 1.85 bits per heavy atom. The summed E-state index contributed by atoms with van der Waals surface area (Å²) in [7, 11) is 1.83. The topological polar surface area (TPSA) is 45.7 Å². The van der Waals surface area contributed by atoms with Crippen LogP contribution in [0.2, 0.25) is 0 Å². The molecule has 1 saturated heterocycles. The SMILES string of the molecule is CN=C(NCCc1ccccc1)NCC1CCCOC1c1ccc(C)cc1. The summed E-state index contributed by atoms with van der Waals surface area (Å²) >= 11 is 0. The maximum absolute atomic E-state index is 6.12. The van der Waals surface area contributed by atoms with Crippen LogP contribution >= 0.6 is 0 Å². The van der Waals surface area contributed by atoms with Gasteiger partial charge >= 0.3 is 0 Å². The number of rotatable bonds is 6. The maximum atomic E-state index is 6.12. The molecule has 1 aliphatic rings. The van der Waals surface area contributed by atoms with Gasteiger partial charge in [0.25, 0.3) is 0 Å². The third-order valence-electron chi connectivity index (χ3n) is 5.15. The lowest BCUT2D eigenvalue weighted by Crippen LogP contribution is -2.42. The smallest absolute Gasteiger partial charge is 0.190 e. The molecule has 0 aliphatic carbocycles. The number of hydrogen-bond donors (Lipinski definition) is 2. The molecule has 2 aromatic rings. The monoisotopic (exact) mass is 365 g/mol. The van der Waals surface area contributed by atoms with Crippen molar-refractivity contribution < 1.29 is 4.74 Å². The van der Waals surface area contributed by atoms with Crippen LogP contribution < -0.4 is 10.6 Å². The fourth-order valence-corrected chi connectivity index (χ4v) is 3.60. The van der Waals surface area contributed by atoms with E-state index in [4.69, 9.17) is 4.74 Å². The van der Waals surface area contributed by atoms with E-state index in [9.17, 15) is 0 Å². The van der Waals surface area contributed by atoms with Crippen LogP contribution in [0.5, 0.6) is 0 Å². The van der Waals surface area contributed by atoms with E-state index in [2.05, 4.69) is 71.1 Å². The molecule has 144 valence electrons. The molecule has 2 atom stereocenters. The van der Waals surface area contributed by atoms with Gasteiger partial charge in [-0.3, -0.25) is 4.99 Å². The highest BCUT2D eigenvalue weighted by Crippen LogP contribution is 2.33.